The van der Waals surface area contributed by atoms with Crippen LogP contribution < -0.4 is 10.9 Å². The van der Waals surface area contributed by atoms with Gasteiger partial charge in [-0.25, -0.2) is 9.97 Å². The molecule has 30 heavy (non-hydrogen) atoms. The second kappa shape index (κ2) is 7.54. The molecule has 0 unspecified atom stereocenters. The summed E-state index contributed by atoms with van der Waals surface area (Å²) in [6.45, 7) is -0.446. The lowest BCUT2D eigenvalue weighted by molar-refractivity contribution is -0.123. The summed E-state index contributed by atoms with van der Waals surface area (Å²) in [6, 6.07) is 4.45. The first-order valence-electron chi connectivity index (χ1n) is 9.38. The van der Waals surface area contributed by atoms with E-state index in [-0.39, 0.29) is 35.7 Å². The Hall–Kier alpha value is -3.24. The lowest BCUT2D eigenvalue weighted by Crippen LogP contribution is -2.50. The van der Waals surface area contributed by atoms with E-state index >= 15 is 0 Å². The van der Waals surface area contributed by atoms with Crippen LogP contribution in [-0.4, -0.2) is 57.1 Å². The van der Waals surface area contributed by atoms with E-state index in [2.05, 4.69) is 9.97 Å². The third kappa shape index (κ3) is 3.91. The van der Waals surface area contributed by atoms with Gasteiger partial charge >= 0.3 is 6.18 Å². The highest BCUT2D eigenvalue weighted by molar-refractivity contribution is 5.94. The molecule has 1 saturated heterocycles. The van der Waals surface area contributed by atoms with Crippen molar-refractivity contribution in [3.05, 3.63) is 58.0 Å². The van der Waals surface area contributed by atoms with Gasteiger partial charge in [0.05, 0.1) is 0 Å². The van der Waals surface area contributed by atoms with Crippen LogP contribution in [0.2, 0.25) is 0 Å². The number of hydrogen-bond donors (Lipinski definition) is 1. The van der Waals surface area contributed by atoms with Crippen molar-refractivity contribution in [1.82, 2.24) is 24.8 Å². The number of nitrogens with zero attached hydrogens (tertiary/aromatic N) is 4. The van der Waals surface area contributed by atoms with Gasteiger partial charge in [-0.3, -0.25) is 14.4 Å². The monoisotopic (exact) mass is 421 g/mol. The molecule has 158 valence electrons. The highest BCUT2D eigenvalue weighted by Gasteiger charge is 2.38. The van der Waals surface area contributed by atoms with E-state index < -0.39 is 24.2 Å². The number of alkyl halides is 3. The molecule has 8 nitrogen and oxygen atoms in total. The summed E-state index contributed by atoms with van der Waals surface area (Å²) in [7, 11) is 0. The first kappa shape index (κ1) is 20.0. The van der Waals surface area contributed by atoms with Gasteiger partial charge in [0.2, 0.25) is 5.82 Å². The van der Waals surface area contributed by atoms with Crippen LogP contribution in [0, 0.1) is 5.92 Å². The number of aromatic nitrogens is 3. The van der Waals surface area contributed by atoms with Gasteiger partial charge in [-0.1, -0.05) is 0 Å². The fraction of sp³-hybridized carbons (Fsp3) is 0.421. The van der Waals surface area contributed by atoms with Crippen LogP contribution in [0.25, 0.3) is 0 Å². The zero-order valence-electron chi connectivity index (χ0n) is 15.7. The summed E-state index contributed by atoms with van der Waals surface area (Å²) in [6.07, 6.45) is -0.801. The molecule has 2 aromatic rings. The van der Waals surface area contributed by atoms with Gasteiger partial charge in [0.1, 0.15) is 12.1 Å². The predicted molar refractivity (Wildman–Crippen MR) is 97.9 cm³/mol. The molecule has 2 aliphatic rings. The van der Waals surface area contributed by atoms with Crippen molar-refractivity contribution in [3.63, 3.8) is 0 Å². The summed E-state index contributed by atoms with van der Waals surface area (Å²) in [5.41, 5.74) is -0.281. The minimum Gasteiger partial charge on any atom is -0.343 e. The van der Waals surface area contributed by atoms with Crippen LogP contribution in [0.1, 0.15) is 39.0 Å². The highest BCUT2D eigenvalue weighted by Crippen LogP contribution is 2.35. The number of carbonyl (C=O) groups excluding carboxylic acids is 2. The number of rotatable bonds is 3. The van der Waals surface area contributed by atoms with Crippen molar-refractivity contribution in [2.45, 2.75) is 25.1 Å². The third-order valence-electron chi connectivity index (χ3n) is 5.34. The van der Waals surface area contributed by atoms with Gasteiger partial charge < -0.3 is 14.8 Å². The molecule has 0 aromatic carbocycles. The van der Waals surface area contributed by atoms with E-state index in [1.54, 1.807) is 22.3 Å². The first-order valence-corrected chi connectivity index (χ1v) is 9.38. The van der Waals surface area contributed by atoms with Crippen molar-refractivity contribution >= 4 is 11.8 Å². The van der Waals surface area contributed by atoms with Crippen LogP contribution in [0.5, 0.6) is 0 Å². The first-order chi connectivity index (χ1) is 14.2. The van der Waals surface area contributed by atoms with Crippen LogP contribution >= 0.6 is 0 Å². The molecule has 2 bridgehead atoms. The average molecular weight is 421 g/mol. The molecule has 1 N–H and O–H groups in total. The molecule has 2 aliphatic heterocycles. The standard InChI is InChI=1S/C19H18F3N5O3/c20-19(21,22)10-25-16(28)13-2-3-14-12-6-11(8-27(14)17(13)29)7-26(9-12)18(30)15-23-4-1-5-24-15/h1-5,11-12H,6-10H2,(H,25,28)/t11-,12+/m0/s1. The van der Waals surface area contributed by atoms with Gasteiger partial charge in [0.25, 0.3) is 17.4 Å². The Labute approximate surface area is 168 Å². The zero-order valence-corrected chi connectivity index (χ0v) is 15.7. The van der Waals surface area contributed by atoms with Gasteiger partial charge in [-0.15, -0.1) is 0 Å². The molecule has 0 saturated carbocycles. The fourth-order valence-electron chi connectivity index (χ4n) is 4.11. The topological polar surface area (TPSA) is 97.2 Å². The van der Waals surface area contributed by atoms with Gasteiger partial charge in [0.15, 0.2) is 0 Å². The number of carbonyl (C=O) groups is 2. The minimum absolute atomic E-state index is 0.0184. The summed E-state index contributed by atoms with van der Waals surface area (Å²) in [5.74, 6) is -1.38. The number of hydrogen-bond acceptors (Lipinski definition) is 5. The maximum absolute atomic E-state index is 12.8. The number of halogens is 3. The lowest BCUT2D eigenvalue weighted by atomic mass is 9.83. The van der Waals surface area contributed by atoms with E-state index in [9.17, 15) is 27.6 Å². The van der Waals surface area contributed by atoms with Gasteiger partial charge in [-0.2, -0.15) is 13.2 Å². The summed E-state index contributed by atoms with van der Waals surface area (Å²) in [5, 5.41) is 1.73. The second-order valence-electron chi connectivity index (χ2n) is 7.47. The molecule has 4 rings (SSSR count). The predicted octanol–water partition coefficient (Wildman–Crippen LogP) is 1.19. The lowest BCUT2D eigenvalue weighted by Gasteiger charge is -2.42. The SMILES string of the molecule is O=C(NCC(F)(F)F)c1ccc2n(c1=O)C[C@H]1C[C@@H]2CN(C(=O)c2ncccn2)C1. The Balaban J connectivity index is 1.56. The number of piperidine rings is 1. The van der Waals surface area contributed by atoms with Crippen molar-refractivity contribution in [1.29, 1.82) is 0 Å². The Morgan fingerprint density at radius 2 is 1.87 bits per heavy atom. The molecule has 0 spiro atoms. The van der Waals surface area contributed by atoms with Gasteiger partial charge in [-0.05, 0) is 30.5 Å². The molecule has 4 heterocycles. The molecule has 0 radical (unpaired) electrons. The molecule has 2 atom stereocenters. The van der Waals surface area contributed by atoms with Crippen molar-refractivity contribution in [2.75, 3.05) is 19.6 Å². The number of likely N-dealkylation sites (tertiary alicyclic amines) is 1. The number of fused-ring (bicyclic) bond motifs is 4. The van der Waals surface area contributed by atoms with Crippen molar-refractivity contribution < 1.29 is 22.8 Å². The smallest absolute Gasteiger partial charge is 0.343 e. The number of amides is 2. The zero-order chi connectivity index (χ0) is 21.5. The molecule has 0 aliphatic carbocycles. The van der Waals surface area contributed by atoms with E-state index in [1.807, 2.05) is 0 Å². The van der Waals surface area contributed by atoms with Crippen molar-refractivity contribution in [3.8, 4) is 0 Å². The number of pyridine rings is 1. The highest BCUT2D eigenvalue weighted by atomic mass is 19.4. The fourth-order valence-corrected chi connectivity index (χ4v) is 4.11. The largest absolute Gasteiger partial charge is 0.405 e. The Morgan fingerprint density at radius 3 is 2.57 bits per heavy atom. The van der Waals surface area contributed by atoms with Crippen LogP contribution in [0.15, 0.2) is 35.4 Å². The maximum atomic E-state index is 12.8. The second-order valence-corrected chi connectivity index (χ2v) is 7.47. The van der Waals surface area contributed by atoms with Crippen LogP contribution in [-0.2, 0) is 6.54 Å². The maximum Gasteiger partial charge on any atom is 0.405 e. The van der Waals surface area contributed by atoms with Crippen molar-refractivity contribution in [2.24, 2.45) is 5.92 Å². The Morgan fingerprint density at radius 1 is 1.13 bits per heavy atom. The number of nitrogens with one attached hydrogen (secondary N) is 1. The van der Waals surface area contributed by atoms with E-state index in [0.717, 1.165) is 6.42 Å². The Bertz CT molecular complexity index is 1040. The average Bonchev–Trinajstić information content (AvgIpc) is 2.72. The van der Waals surface area contributed by atoms with Crippen LogP contribution in [0.4, 0.5) is 13.2 Å². The molecule has 2 amide bonds. The summed E-state index contributed by atoms with van der Waals surface area (Å²) < 4.78 is 38.5. The summed E-state index contributed by atoms with van der Waals surface area (Å²) in [4.78, 5) is 47.2. The quantitative estimate of drug-likeness (QED) is 0.803. The normalized spacial score (nSPS) is 20.4. The van der Waals surface area contributed by atoms with E-state index in [0.29, 0.717) is 18.8 Å². The molecular weight excluding hydrogens is 403 g/mol. The molecule has 1 fully saturated rings. The summed E-state index contributed by atoms with van der Waals surface area (Å²) >= 11 is 0. The van der Waals surface area contributed by atoms with Crippen LogP contribution in [0.3, 0.4) is 0 Å². The minimum atomic E-state index is -4.56. The molecular formula is C19H18F3N5O3. The Kier molecular flexibility index (Phi) is 5.04. The molecule has 2 aromatic heterocycles. The van der Waals surface area contributed by atoms with Gasteiger partial charge in [0, 0.05) is 43.6 Å². The van der Waals surface area contributed by atoms with E-state index in [4.69, 9.17) is 0 Å². The third-order valence-corrected chi connectivity index (χ3v) is 5.34. The molecule has 11 heteroatoms. The van der Waals surface area contributed by atoms with E-state index in [1.165, 1.54) is 23.0 Å².